The summed E-state index contributed by atoms with van der Waals surface area (Å²) in [6, 6.07) is 10.8. The Labute approximate surface area is 193 Å². The number of anilines is 2. The third-order valence-corrected chi connectivity index (χ3v) is 5.27. The highest BCUT2D eigenvalue weighted by molar-refractivity contribution is 6.33. The van der Waals surface area contributed by atoms with Gasteiger partial charge in [-0.3, -0.25) is 9.59 Å². The molecule has 1 saturated heterocycles. The summed E-state index contributed by atoms with van der Waals surface area (Å²) in [5.41, 5.74) is 2.16. The van der Waals surface area contributed by atoms with E-state index in [-0.39, 0.29) is 18.4 Å². The summed E-state index contributed by atoms with van der Waals surface area (Å²) in [6.45, 7) is 4.27. The summed E-state index contributed by atoms with van der Waals surface area (Å²) in [5, 5.41) is 6.06. The molecule has 0 bridgehead atoms. The highest BCUT2D eigenvalue weighted by atomic mass is 35.5. The average Bonchev–Trinajstić information content (AvgIpc) is 2.78. The van der Waals surface area contributed by atoms with Crippen molar-refractivity contribution in [2.24, 2.45) is 0 Å². The minimum absolute atomic E-state index is 0.0352. The number of carbonyl (C=O) groups is 2. The fraction of sp³-hybridized carbons (Fsp3) is 0.333. The Morgan fingerprint density at radius 3 is 2.81 bits per heavy atom. The molecule has 32 heavy (non-hydrogen) atoms. The van der Waals surface area contributed by atoms with Crippen molar-refractivity contribution in [1.82, 2.24) is 5.32 Å². The zero-order valence-corrected chi connectivity index (χ0v) is 19.1. The van der Waals surface area contributed by atoms with Crippen LogP contribution in [0.3, 0.4) is 0 Å². The van der Waals surface area contributed by atoms with Gasteiger partial charge in [-0.25, -0.2) is 0 Å². The summed E-state index contributed by atoms with van der Waals surface area (Å²) in [4.78, 5) is 25.9. The highest BCUT2D eigenvalue weighted by Gasteiger charge is 2.18. The van der Waals surface area contributed by atoms with Gasteiger partial charge in [-0.2, -0.15) is 0 Å². The van der Waals surface area contributed by atoms with Crippen molar-refractivity contribution < 1.29 is 19.1 Å². The van der Waals surface area contributed by atoms with Crippen LogP contribution in [0.5, 0.6) is 11.5 Å². The van der Waals surface area contributed by atoms with Gasteiger partial charge in [-0.1, -0.05) is 31.0 Å². The quantitative estimate of drug-likeness (QED) is 0.437. The maximum absolute atomic E-state index is 12.4. The minimum atomic E-state index is -0.284. The van der Waals surface area contributed by atoms with Gasteiger partial charge in [0, 0.05) is 24.9 Å². The molecule has 0 aliphatic carbocycles. The Hall–Kier alpha value is -3.19. The molecule has 0 aromatic heterocycles. The van der Waals surface area contributed by atoms with E-state index in [1.165, 1.54) is 6.08 Å². The first-order valence-electron chi connectivity index (χ1n) is 10.6. The number of benzene rings is 2. The lowest BCUT2D eigenvalue weighted by atomic mass is 10.2. The number of carbonyl (C=O) groups excluding carboxylic acids is 2. The van der Waals surface area contributed by atoms with Gasteiger partial charge in [0.2, 0.25) is 11.8 Å². The lowest BCUT2D eigenvalue weighted by Gasteiger charge is -2.29. The first kappa shape index (κ1) is 23.5. The van der Waals surface area contributed by atoms with Crippen molar-refractivity contribution in [2.75, 3.05) is 43.6 Å². The molecular weight excluding hydrogens is 430 g/mol. The van der Waals surface area contributed by atoms with Gasteiger partial charge in [-0.15, -0.1) is 0 Å². The molecule has 2 aromatic rings. The van der Waals surface area contributed by atoms with Gasteiger partial charge in [0.05, 0.1) is 31.0 Å². The second-order valence-corrected chi connectivity index (χ2v) is 7.78. The van der Waals surface area contributed by atoms with Crippen LogP contribution in [0.1, 0.15) is 25.3 Å². The summed E-state index contributed by atoms with van der Waals surface area (Å²) < 4.78 is 11.1. The number of nitrogens with one attached hydrogen (secondary N) is 2. The van der Waals surface area contributed by atoms with Gasteiger partial charge >= 0.3 is 0 Å². The number of rotatable bonds is 9. The fourth-order valence-corrected chi connectivity index (χ4v) is 3.57. The second-order valence-electron chi connectivity index (χ2n) is 7.37. The van der Waals surface area contributed by atoms with Crippen LogP contribution < -0.4 is 25.0 Å². The average molecular weight is 458 g/mol. The Morgan fingerprint density at radius 2 is 2.09 bits per heavy atom. The van der Waals surface area contributed by atoms with Crippen LogP contribution in [0.25, 0.3) is 6.08 Å². The van der Waals surface area contributed by atoms with Crippen molar-refractivity contribution in [1.29, 1.82) is 0 Å². The molecule has 2 amide bonds. The predicted molar refractivity (Wildman–Crippen MR) is 128 cm³/mol. The van der Waals surface area contributed by atoms with E-state index in [2.05, 4.69) is 17.6 Å². The van der Waals surface area contributed by atoms with Gasteiger partial charge in [0.25, 0.3) is 0 Å². The van der Waals surface area contributed by atoms with E-state index < -0.39 is 0 Å². The normalized spacial score (nSPS) is 13.7. The number of hydrogen-bond donors (Lipinski definition) is 2. The van der Waals surface area contributed by atoms with Crippen molar-refractivity contribution in [3.8, 4) is 11.5 Å². The monoisotopic (exact) mass is 457 g/mol. The van der Waals surface area contributed by atoms with E-state index >= 15 is 0 Å². The molecule has 2 N–H and O–H groups in total. The SMILES string of the molecule is CCCCOc1ccc(/C=C/C(=O)Nc2ccc(N3CCNC(=O)C3)c(Cl)c2)cc1OC. The molecule has 7 nitrogen and oxygen atoms in total. The molecule has 1 fully saturated rings. The van der Waals surface area contributed by atoms with Crippen LogP contribution in [0.2, 0.25) is 5.02 Å². The van der Waals surface area contributed by atoms with Crippen LogP contribution in [-0.4, -0.2) is 45.2 Å². The Balaban J connectivity index is 1.61. The zero-order valence-electron chi connectivity index (χ0n) is 18.3. The molecule has 0 unspecified atom stereocenters. The van der Waals surface area contributed by atoms with Crippen LogP contribution in [0.4, 0.5) is 11.4 Å². The molecule has 3 rings (SSSR count). The summed E-state index contributed by atoms with van der Waals surface area (Å²) >= 11 is 6.39. The predicted octanol–water partition coefficient (Wildman–Crippen LogP) is 4.12. The second kappa shape index (κ2) is 11.4. The van der Waals surface area contributed by atoms with Crippen LogP contribution in [0, 0.1) is 0 Å². The lowest BCUT2D eigenvalue weighted by Crippen LogP contribution is -2.47. The maximum Gasteiger partial charge on any atom is 0.248 e. The van der Waals surface area contributed by atoms with Crippen molar-refractivity contribution in [3.05, 3.63) is 53.1 Å². The minimum Gasteiger partial charge on any atom is -0.493 e. The third-order valence-electron chi connectivity index (χ3n) is 4.96. The van der Waals surface area contributed by atoms with E-state index in [0.717, 1.165) is 24.1 Å². The summed E-state index contributed by atoms with van der Waals surface area (Å²) in [5.74, 6) is 0.987. The first-order valence-corrected chi connectivity index (χ1v) is 11.0. The number of halogens is 1. The molecular formula is C24H28ClN3O4. The van der Waals surface area contributed by atoms with Gasteiger partial charge in [0.15, 0.2) is 11.5 Å². The van der Waals surface area contributed by atoms with E-state index in [1.807, 2.05) is 29.2 Å². The number of hydrogen-bond acceptors (Lipinski definition) is 5. The standard InChI is InChI=1S/C24H28ClN3O4/c1-3-4-13-32-21-9-5-17(14-22(21)31-2)6-10-23(29)27-18-7-8-20(19(25)15-18)28-12-11-26-24(30)16-28/h5-10,14-15H,3-4,11-13,16H2,1-2H3,(H,26,30)(H,27,29)/b10-6+. The number of amides is 2. The van der Waals surface area contributed by atoms with Crippen molar-refractivity contribution in [3.63, 3.8) is 0 Å². The van der Waals surface area contributed by atoms with Gasteiger partial charge in [0.1, 0.15) is 0 Å². The zero-order chi connectivity index (χ0) is 22.9. The van der Waals surface area contributed by atoms with Crippen molar-refractivity contribution in [2.45, 2.75) is 19.8 Å². The molecule has 0 radical (unpaired) electrons. The molecule has 0 spiro atoms. The van der Waals surface area contributed by atoms with E-state index in [9.17, 15) is 9.59 Å². The fourth-order valence-electron chi connectivity index (χ4n) is 3.27. The molecule has 0 atom stereocenters. The molecule has 1 aliphatic heterocycles. The van der Waals surface area contributed by atoms with Gasteiger partial charge < -0.3 is 25.0 Å². The Kier molecular flexibility index (Phi) is 8.39. The number of piperazine rings is 1. The van der Waals surface area contributed by atoms with E-state index in [4.69, 9.17) is 21.1 Å². The molecule has 8 heteroatoms. The number of nitrogens with zero attached hydrogens (tertiary/aromatic N) is 1. The molecule has 0 saturated carbocycles. The van der Waals surface area contributed by atoms with E-state index in [1.54, 1.807) is 25.3 Å². The largest absolute Gasteiger partial charge is 0.493 e. The lowest BCUT2D eigenvalue weighted by molar-refractivity contribution is -0.120. The smallest absolute Gasteiger partial charge is 0.248 e. The summed E-state index contributed by atoms with van der Waals surface area (Å²) in [6.07, 6.45) is 5.18. The van der Waals surface area contributed by atoms with E-state index in [0.29, 0.717) is 41.9 Å². The molecule has 1 heterocycles. The topological polar surface area (TPSA) is 79.9 Å². The number of ether oxygens (including phenoxy) is 2. The Bertz CT molecular complexity index is 993. The first-order chi connectivity index (χ1) is 15.5. The molecule has 170 valence electrons. The third kappa shape index (κ3) is 6.40. The van der Waals surface area contributed by atoms with Crippen molar-refractivity contribution >= 4 is 40.9 Å². The molecule has 2 aromatic carbocycles. The number of unbranched alkanes of at least 4 members (excludes halogenated alkanes) is 1. The van der Waals surface area contributed by atoms with Crippen LogP contribution in [0.15, 0.2) is 42.5 Å². The van der Waals surface area contributed by atoms with Crippen LogP contribution in [-0.2, 0) is 9.59 Å². The molecule has 1 aliphatic rings. The maximum atomic E-state index is 12.4. The van der Waals surface area contributed by atoms with Crippen LogP contribution >= 0.6 is 11.6 Å². The summed E-state index contributed by atoms with van der Waals surface area (Å²) in [7, 11) is 1.59. The van der Waals surface area contributed by atoms with Gasteiger partial charge in [-0.05, 0) is 48.4 Å². The highest BCUT2D eigenvalue weighted by Crippen LogP contribution is 2.30. The Morgan fingerprint density at radius 1 is 1.25 bits per heavy atom. The number of methoxy groups -OCH3 is 1.